The molecule has 0 radical (unpaired) electrons. The Hall–Kier alpha value is -0.990. The third-order valence-electron chi connectivity index (χ3n) is 4.59. The maximum absolute atomic E-state index is 10.3. The van der Waals surface area contributed by atoms with Crippen molar-refractivity contribution in [3.05, 3.63) is 23.8 Å². The second kappa shape index (κ2) is 11.1. The van der Waals surface area contributed by atoms with Crippen LogP contribution >= 0.6 is 11.8 Å². The van der Waals surface area contributed by atoms with Crippen molar-refractivity contribution in [2.75, 3.05) is 58.0 Å². The molecule has 0 bridgehead atoms. The first-order valence-electron chi connectivity index (χ1n) is 9.53. The molecule has 1 saturated heterocycles. The quantitative estimate of drug-likeness (QED) is 0.523. The first-order chi connectivity index (χ1) is 12.9. The standard InChI is InChI=1S/C20H34N2O4S/c1-20(2,15-23)14-21-11-16-4-5-18(19(10-16)25-3)26-13-17(24)12-22-6-8-27-9-7-22/h4-5,10,17,21,23-24H,6-9,11-15H2,1-3H3/t17-/m1/s1. The molecule has 6 nitrogen and oxygen atoms in total. The predicted octanol–water partition coefficient (Wildman–Crippen LogP) is 1.59. The maximum atomic E-state index is 10.3. The Balaban J connectivity index is 1.82. The van der Waals surface area contributed by atoms with Gasteiger partial charge in [-0.3, -0.25) is 4.90 Å². The van der Waals surface area contributed by atoms with E-state index < -0.39 is 6.10 Å². The SMILES string of the molecule is COc1cc(CNCC(C)(C)CO)ccc1OC[C@H](O)CN1CCSCC1. The number of nitrogens with one attached hydrogen (secondary N) is 1. The van der Waals surface area contributed by atoms with Crippen molar-refractivity contribution < 1.29 is 19.7 Å². The van der Waals surface area contributed by atoms with E-state index in [4.69, 9.17) is 9.47 Å². The smallest absolute Gasteiger partial charge is 0.161 e. The van der Waals surface area contributed by atoms with E-state index >= 15 is 0 Å². The van der Waals surface area contributed by atoms with Gasteiger partial charge in [-0.05, 0) is 17.7 Å². The molecule has 0 saturated carbocycles. The number of benzene rings is 1. The van der Waals surface area contributed by atoms with E-state index in [1.54, 1.807) is 7.11 Å². The molecule has 1 atom stereocenters. The van der Waals surface area contributed by atoms with E-state index in [-0.39, 0.29) is 18.6 Å². The lowest BCUT2D eigenvalue weighted by Crippen LogP contribution is -2.40. The van der Waals surface area contributed by atoms with Gasteiger partial charge in [-0.1, -0.05) is 19.9 Å². The summed E-state index contributed by atoms with van der Waals surface area (Å²) in [4.78, 5) is 2.28. The van der Waals surface area contributed by atoms with E-state index in [0.29, 0.717) is 24.6 Å². The predicted molar refractivity (Wildman–Crippen MR) is 111 cm³/mol. The van der Waals surface area contributed by atoms with Crippen LogP contribution in [0.3, 0.4) is 0 Å². The van der Waals surface area contributed by atoms with Crippen molar-refractivity contribution in [3.8, 4) is 11.5 Å². The molecule has 0 aliphatic carbocycles. The van der Waals surface area contributed by atoms with Crippen molar-refractivity contribution in [1.82, 2.24) is 10.2 Å². The lowest BCUT2D eigenvalue weighted by molar-refractivity contribution is 0.0705. The summed E-state index contributed by atoms with van der Waals surface area (Å²) in [5.74, 6) is 3.57. The highest BCUT2D eigenvalue weighted by atomic mass is 32.2. The molecule has 1 aromatic carbocycles. The fraction of sp³-hybridized carbons (Fsp3) is 0.700. The van der Waals surface area contributed by atoms with Crippen LogP contribution in [0.2, 0.25) is 0 Å². The summed E-state index contributed by atoms with van der Waals surface area (Å²) in [6, 6.07) is 5.82. The van der Waals surface area contributed by atoms with Crippen molar-refractivity contribution in [2.24, 2.45) is 5.41 Å². The van der Waals surface area contributed by atoms with E-state index in [9.17, 15) is 10.2 Å². The molecule has 1 aromatic rings. The molecule has 7 heteroatoms. The fourth-order valence-electron chi connectivity index (χ4n) is 2.86. The Bertz CT molecular complexity index is 565. The van der Waals surface area contributed by atoms with Crippen LogP contribution in [0.4, 0.5) is 0 Å². The van der Waals surface area contributed by atoms with Crippen LogP contribution in [0.5, 0.6) is 11.5 Å². The Kier molecular flexibility index (Phi) is 9.18. The highest BCUT2D eigenvalue weighted by Gasteiger charge is 2.17. The zero-order valence-electron chi connectivity index (χ0n) is 16.7. The van der Waals surface area contributed by atoms with E-state index in [1.807, 2.05) is 43.8 Å². The molecule has 27 heavy (non-hydrogen) atoms. The summed E-state index contributed by atoms with van der Waals surface area (Å²) in [6.07, 6.45) is -0.514. The molecule has 1 aliphatic rings. The first-order valence-corrected chi connectivity index (χ1v) is 10.7. The van der Waals surface area contributed by atoms with Crippen LogP contribution < -0.4 is 14.8 Å². The average Bonchev–Trinajstić information content (AvgIpc) is 2.67. The molecule has 0 amide bonds. The number of rotatable bonds is 11. The van der Waals surface area contributed by atoms with Crippen molar-refractivity contribution in [3.63, 3.8) is 0 Å². The molecule has 1 fully saturated rings. The highest BCUT2D eigenvalue weighted by molar-refractivity contribution is 7.99. The first kappa shape index (κ1) is 22.3. The number of hydrogen-bond donors (Lipinski definition) is 3. The summed E-state index contributed by atoms with van der Waals surface area (Å²) in [5, 5.41) is 22.9. The van der Waals surface area contributed by atoms with Gasteiger partial charge in [-0.25, -0.2) is 0 Å². The second-order valence-corrected chi connectivity index (χ2v) is 9.01. The van der Waals surface area contributed by atoms with Crippen LogP contribution in [0.25, 0.3) is 0 Å². The minimum atomic E-state index is -0.514. The minimum absolute atomic E-state index is 0.143. The summed E-state index contributed by atoms with van der Waals surface area (Å²) in [7, 11) is 1.62. The van der Waals surface area contributed by atoms with Gasteiger partial charge in [-0.2, -0.15) is 11.8 Å². The summed E-state index contributed by atoms with van der Waals surface area (Å²) in [6.45, 7) is 8.56. The van der Waals surface area contributed by atoms with E-state index in [2.05, 4.69) is 10.2 Å². The molecule has 1 heterocycles. The second-order valence-electron chi connectivity index (χ2n) is 7.79. The van der Waals surface area contributed by atoms with Gasteiger partial charge in [0.15, 0.2) is 11.5 Å². The number of aliphatic hydroxyl groups excluding tert-OH is 2. The van der Waals surface area contributed by atoms with Crippen molar-refractivity contribution >= 4 is 11.8 Å². The molecule has 154 valence electrons. The number of aliphatic hydroxyl groups is 2. The Morgan fingerprint density at radius 1 is 1.26 bits per heavy atom. The highest BCUT2D eigenvalue weighted by Crippen LogP contribution is 2.28. The van der Waals surface area contributed by atoms with Gasteiger partial charge in [0.25, 0.3) is 0 Å². The van der Waals surface area contributed by atoms with Gasteiger partial charge in [0.1, 0.15) is 12.7 Å². The normalized spacial score (nSPS) is 16.9. The third-order valence-corrected chi connectivity index (χ3v) is 5.54. The maximum Gasteiger partial charge on any atom is 0.161 e. The number of thioether (sulfide) groups is 1. The molecule has 0 aromatic heterocycles. The topological polar surface area (TPSA) is 74.2 Å². The Labute approximate surface area is 167 Å². The number of methoxy groups -OCH3 is 1. The van der Waals surface area contributed by atoms with Crippen LogP contribution in [0, 0.1) is 5.41 Å². The number of β-amino-alcohol motifs (C(OH)–C–C–N with tert-alkyl or cyclic N) is 1. The largest absolute Gasteiger partial charge is 0.493 e. The van der Waals surface area contributed by atoms with E-state index in [0.717, 1.165) is 36.7 Å². The van der Waals surface area contributed by atoms with Gasteiger partial charge in [-0.15, -0.1) is 0 Å². The van der Waals surface area contributed by atoms with Gasteiger partial charge in [0.05, 0.1) is 7.11 Å². The van der Waals surface area contributed by atoms with Crippen molar-refractivity contribution in [2.45, 2.75) is 26.5 Å². The molecule has 1 aliphatic heterocycles. The summed E-state index contributed by atoms with van der Waals surface area (Å²) >= 11 is 1.96. The molecular formula is C20H34N2O4S. The third kappa shape index (κ3) is 7.87. The average molecular weight is 399 g/mol. The molecular weight excluding hydrogens is 364 g/mol. The molecule has 3 N–H and O–H groups in total. The lowest BCUT2D eigenvalue weighted by Gasteiger charge is -2.28. The Morgan fingerprint density at radius 3 is 2.67 bits per heavy atom. The van der Waals surface area contributed by atoms with E-state index in [1.165, 1.54) is 0 Å². The van der Waals surface area contributed by atoms with Crippen LogP contribution in [0.1, 0.15) is 19.4 Å². The van der Waals surface area contributed by atoms with Gasteiger partial charge >= 0.3 is 0 Å². The van der Waals surface area contributed by atoms with Gasteiger partial charge < -0.3 is 25.0 Å². The van der Waals surface area contributed by atoms with Crippen molar-refractivity contribution in [1.29, 1.82) is 0 Å². The Morgan fingerprint density at radius 2 is 2.00 bits per heavy atom. The zero-order valence-corrected chi connectivity index (χ0v) is 17.6. The molecule has 0 spiro atoms. The lowest BCUT2D eigenvalue weighted by atomic mass is 9.95. The minimum Gasteiger partial charge on any atom is -0.493 e. The molecule has 2 rings (SSSR count). The number of nitrogens with zero attached hydrogens (tertiary/aromatic N) is 1. The number of hydrogen-bond acceptors (Lipinski definition) is 7. The fourth-order valence-corrected chi connectivity index (χ4v) is 3.84. The van der Waals surface area contributed by atoms with Crippen LogP contribution in [0.15, 0.2) is 18.2 Å². The molecule has 0 unspecified atom stereocenters. The summed E-state index contributed by atoms with van der Waals surface area (Å²) < 4.78 is 11.3. The van der Waals surface area contributed by atoms with Gasteiger partial charge in [0, 0.05) is 56.3 Å². The van der Waals surface area contributed by atoms with Crippen LogP contribution in [-0.2, 0) is 6.54 Å². The zero-order chi connectivity index (χ0) is 19.7. The van der Waals surface area contributed by atoms with Crippen LogP contribution in [-0.4, -0.2) is 79.2 Å². The number of ether oxygens (including phenoxy) is 2. The summed E-state index contributed by atoms with van der Waals surface area (Å²) in [5.41, 5.74) is 0.940. The monoisotopic (exact) mass is 398 g/mol. The van der Waals surface area contributed by atoms with Gasteiger partial charge in [0.2, 0.25) is 0 Å².